The fourth-order valence-corrected chi connectivity index (χ4v) is 4.75. The van der Waals surface area contributed by atoms with Crippen molar-refractivity contribution in [2.45, 2.75) is 103 Å². The molecule has 0 heterocycles. The predicted octanol–water partition coefficient (Wildman–Crippen LogP) is 5.99. The third kappa shape index (κ3) is 8.92. The maximum absolute atomic E-state index is 11.7. The summed E-state index contributed by atoms with van der Waals surface area (Å²) >= 11 is 0. The van der Waals surface area contributed by atoms with E-state index in [-0.39, 0.29) is 21.2 Å². The molecular formula is C21H47NO3SSi2. The normalized spacial score (nSPS) is 17.3. The Labute approximate surface area is 179 Å². The van der Waals surface area contributed by atoms with E-state index in [9.17, 15) is 4.21 Å². The Morgan fingerprint density at radius 1 is 1.00 bits per heavy atom. The van der Waals surface area contributed by atoms with Crippen LogP contribution >= 0.6 is 0 Å². The molecule has 3 atom stereocenters. The lowest BCUT2D eigenvalue weighted by atomic mass is 9.94. The lowest BCUT2D eigenvalue weighted by Crippen LogP contribution is -2.42. The third-order valence-electron chi connectivity index (χ3n) is 6.73. The molecule has 0 rings (SSSR count). The van der Waals surface area contributed by atoms with Gasteiger partial charge in [0.05, 0.1) is 11.0 Å². The maximum Gasteiger partial charge on any atom is 0.192 e. The molecule has 0 radical (unpaired) electrons. The van der Waals surface area contributed by atoms with Gasteiger partial charge in [-0.1, -0.05) is 53.7 Å². The zero-order valence-corrected chi connectivity index (χ0v) is 23.2. The van der Waals surface area contributed by atoms with Crippen LogP contribution in [-0.4, -0.2) is 39.3 Å². The quantitative estimate of drug-likeness (QED) is 0.311. The molecule has 0 aromatic carbocycles. The molecule has 0 fully saturated rings. The summed E-state index contributed by atoms with van der Waals surface area (Å²) in [5.74, 6) is 0.152. The smallest absolute Gasteiger partial charge is 0.192 e. The molecule has 168 valence electrons. The fraction of sp³-hybridized carbons (Fsp3) is 0.905. The van der Waals surface area contributed by atoms with E-state index >= 15 is 0 Å². The summed E-state index contributed by atoms with van der Waals surface area (Å²) in [6.07, 6.45) is 1.54. The molecule has 7 heteroatoms. The van der Waals surface area contributed by atoms with Crippen molar-refractivity contribution in [3.8, 4) is 0 Å². The van der Waals surface area contributed by atoms with Gasteiger partial charge in [0.2, 0.25) is 0 Å². The van der Waals surface area contributed by atoms with Crippen LogP contribution in [0.25, 0.3) is 0 Å². The number of hydrogen-bond acceptors (Lipinski definition) is 3. The average Bonchev–Trinajstić information content (AvgIpc) is 2.48. The van der Waals surface area contributed by atoms with Gasteiger partial charge in [-0.15, -0.1) is 0 Å². The van der Waals surface area contributed by atoms with Gasteiger partial charge in [-0.25, -0.2) is 4.21 Å². The third-order valence-corrected chi connectivity index (χ3v) is 16.8. The standard InChI is InChI=1S/C21H47NO3SSi2/c1-17(13-14-24-27(9,10)20(3,4)5)19(15-18(2)26(22)23)16-25-28(11,12)21(6,7)8/h18-19H,1,13-16,22H2,2-12H3/t18?,19-,26?/m1/s1. The van der Waals surface area contributed by atoms with Gasteiger partial charge in [-0.05, 0) is 56.0 Å². The van der Waals surface area contributed by atoms with Gasteiger partial charge in [-0.3, -0.25) is 5.14 Å². The lowest BCUT2D eigenvalue weighted by Gasteiger charge is -2.38. The van der Waals surface area contributed by atoms with Crippen LogP contribution < -0.4 is 5.14 Å². The number of hydrogen-bond donors (Lipinski definition) is 1. The Hall–Kier alpha value is 0.204. The van der Waals surface area contributed by atoms with Crippen LogP contribution in [0.5, 0.6) is 0 Å². The van der Waals surface area contributed by atoms with Crippen molar-refractivity contribution in [3.05, 3.63) is 12.2 Å². The second kappa shape index (κ2) is 10.5. The van der Waals surface area contributed by atoms with Crippen LogP contribution in [0.15, 0.2) is 12.2 Å². The van der Waals surface area contributed by atoms with Gasteiger partial charge in [-0.2, -0.15) is 0 Å². The van der Waals surface area contributed by atoms with Crippen LogP contribution in [0.1, 0.15) is 61.3 Å². The van der Waals surface area contributed by atoms with Gasteiger partial charge in [0.25, 0.3) is 0 Å². The van der Waals surface area contributed by atoms with E-state index < -0.39 is 27.6 Å². The molecule has 0 spiro atoms. The molecule has 0 saturated heterocycles. The van der Waals surface area contributed by atoms with Crippen LogP contribution in [0, 0.1) is 5.92 Å². The first-order chi connectivity index (χ1) is 12.3. The van der Waals surface area contributed by atoms with Crippen LogP contribution in [-0.2, 0) is 19.8 Å². The highest BCUT2D eigenvalue weighted by atomic mass is 32.2. The van der Waals surface area contributed by atoms with E-state index in [4.69, 9.17) is 14.0 Å². The van der Waals surface area contributed by atoms with Crippen molar-refractivity contribution < 1.29 is 13.1 Å². The molecule has 2 unspecified atom stereocenters. The van der Waals surface area contributed by atoms with E-state index in [0.717, 1.165) is 18.4 Å². The SMILES string of the molecule is C=C(CCO[Si](C)(C)C(C)(C)C)[C@@H](CO[Si](C)(C)C(C)(C)C)CC(C)S(N)=O. The van der Waals surface area contributed by atoms with Crippen molar-refractivity contribution in [3.63, 3.8) is 0 Å². The lowest BCUT2D eigenvalue weighted by molar-refractivity contribution is 0.229. The maximum atomic E-state index is 11.7. The zero-order chi connectivity index (χ0) is 22.6. The second-order valence-electron chi connectivity index (χ2n) is 11.2. The molecule has 4 nitrogen and oxygen atoms in total. The van der Waals surface area contributed by atoms with Gasteiger partial charge >= 0.3 is 0 Å². The molecular weight excluding hydrogens is 402 g/mol. The summed E-state index contributed by atoms with van der Waals surface area (Å²) in [6.45, 7) is 30.1. The van der Waals surface area contributed by atoms with Gasteiger partial charge < -0.3 is 8.85 Å². The van der Waals surface area contributed by atoms with Crippen molar-refractivity contribution in [1.29, 1.82) is 0 Å². The Bertz CT molecular complexity index is 537. The van der Waals surface area contributed by atoms with E-state index in [2.05, 4.69) is 74.3 Å². The predicted molar refractivity (Wildman–Crippen MR) is 130 cm³/mol. The molecule has 0 aromatic rings. The van der Waals surface area contributed by atoms with E-state index in [0.29, 0.717) is 13.2 Å². The Balaban J connectivity index is 5.06. The average molecular weight is 450 g/mol. The molecule has 0 aliphatic heterocycles. The molecule has 0 amide bonds. The molecule has 0 aliphatic carbocycles. The first kappa shape index (κ1) is 28.2. The Morgan fingerprint density at radius 3 is 1.82 bits per heavy atom. The van der Waals surface area contributed by atoms with Crippen LogP contribution in [0.2, 0.25) is 36.3 Å². The molecule has 0 aromatic heterocycles. The largest absolute Gasteiger partial charge is 0.417 e. The summed E-state index contributed by atoms with van der Waals surface area (Å²) < 4.78 is 24.5. The molecule has 0 bridgehead atoms. The molecule has 0 aliphatic rings. The van der Waals surface area contributed by atoms with E-state index in [1.165, 1.54) is 0 Å². The van der Waals surface area contributed by atoms with Crippen molar-refractivity contribution in [2.75, 3.05) is 13.2 Å². The van der Waals surface area contributed by atoms with Gasteiger partial charge in [0, 0.05) is 24.4 Å². The number of nitrogens with two attached hydrogens (primary N) is 1. The first-order valence-corrected chi connectivity index (χ1v) is 17.5. The highest BCUT2D eigenvalue weighted by Crippen LogP contribution is 2.38. The molecule has 0 saturated carbocycles. The van der Waals surface area contributed by atoms with Gasteiger partial charge in [0.1, 0.15) is 0 Å². The minimum Gasteiger partial charge on any atom is -0.417 e. The highest BCUT2D eigenvalue weighted by molar-refractivity contribution is 7.83. The Kier molecular flexibility index (Phi) is 10.6. The summed E-state index contributed by atoms with van der Waals surface area (Å²) in [7, 11) is -4.94. The summed E-state index contributed by atoms with van der Waals surface area (Å²) in [5, 5.41) is 5.91. The zero-order valence-electron chi connectivity index (χ0n) is 20.4. The van der Waals surface area contributed by atoms with Crippen molar-refractivity contribution >= 4 is 27.6 Å². The van der Waals surface area contributed by atoms with Gasteiger partial charge in [0.15, 0.2) is 16.6 Å². The molecule has 28 heavy (non-hydrogen) atoms. The van der Waals surface area contributed by atoms with E-state index in [1.54, 1.807) is 0 Å². The van der Waals surface area contributed by atoms with Crippen molar-refractivity contribution in [1.82, 2.24) is 0 Å². The minimum absolute atomic E-state index is 0.0777. The summed E-state index contributed by atoms with van der Waals surface area (Å²) in [5.41, 5.74) is 1.12. The highest BCUT2D eigenvalue weighted by Gasteiger charge is 2.38. The monoisotopic (exact) mass is 449 g/mol. The van der Waals surface area contributed by atoms with Crippen LogP contribution in [0.4, 0.5) is 0 Å². The minimum atomic E-state index is -1.85. The summed E-state index contributed by atoms with van der Waals surface area (Å²) in [4.78, 5) is 0. The van der Waals surface area contributed by atoms with Crippen LogP contribution in [0.3, 0.4) is 0 Å². The topological polar surface area (TPSA) is 61.6 Å². The second-order valence-corrected chi connectivity index (χ2v) is 22.2. The summed E-state index contributed by atoms with van der Waals surface area (Å²) in [6, 6.07) is 0. The van der Waals surface area contributed by atoms with Crippen molar-refractivity contribution in [2.24, 2.45) is 11.1 Å². The molecule has 2 N–H and O–H groups in total. The first-order valence-electron chi connectivity index (χ1n) is 10.4. The fourth-order valence-electron chi connectivity index (χ4n) is 2.23. The van der Waals surface area contributed by atoms with E-state index in [1.807, 2.05) is 6.92 Å². The number of rotatable bonds is 11. The Morgan fingerprint density at radius 2 is 1.43 bits per heavy atom.